The lowest BCUT2D eigenvalue weighted by Gasteiger charge is -2.23. The molecule has 0 saturated heterocycles. The summed E-state index contributed by atoms with van der Waals surface area (Å²) in [4.78, 5) is 13.9. The Kier molecular flexibility index (Phi) is 7.65. The van der Waals surface area contributed by atoms with Gasteiger partial charge in [-0.25, -0.2) is 0 Å². The monoisotopic (exact) mass is 291 g/mol. The van der Waals surface area contributed by atoms with Crippen molar-refractivity contribution in [3.05, 3.63) is 23.8 Å². The molecule has 0 aliphatic rings. The minimum Gasteiger partial charge on any atom is -0.397 e. The molecule has 0 saturated carbocycles. The molecule has 0 aliphatic carbocycles. The maximum absolute atomic E-state index is 11.7. The Balaban J connectivity index is 2.54. The Morgan fingerprint density at radius 2 is 1.95 bits per heavy atom. The van der Waals surface area contributed by atoms with Gasteiger partial charge in [-0.3, -0.25) is 4.79 Å². The largest absolute Gasteiger partial charge is 0.397 e. The van der Waals surface area contributed by atoms with Crippen molar-refractivity contribution in [1.82, 2.24) is 5.32 Å². The van der Waals surface area contributed by atoms with Crippen LogP contribution in [-0.2, 0) is 11.2 Å². The van der Waals surface area contributed by atoms with Gasteiger partial charge in [0, 0.05) is 26.1 Å². The van der Waals surface area contributed by atoms with Crippen LogP contribution < -0.4 is 16.0 Å². The van der Waals surface area contributed by atoms with Crippen LogP contribution in [0, 0.1) is 0 Å². The molecular formula is C17H29N3O. The minimum absolute atomic E-state index is 0.120. The molecular weight excluding hydrogens is 262 g/mol. The maximum atomic E-state index is 11.7. The number of carbonyl (C=O) groups is 1. The van der Waals surface area contributed by atoms with Gasteiger partial charge in [-0.1, -0.05) is 19.4 Å². The molecule has 0 atom stereocenters. The van der Waals surface area contributed by atoms with Crippen molar-refractivity contribution in [1.29, 1.82) is 0 Å². The molecule has 0 aliphatic heterocycles. The normalized spacial score (nSPS) is 10.4. The number of hydrogen-bond donors (Lipinski definition) is 2. The van der Waals surface area contributed by atoms with E-state index in [9.17, 15) is 4.79 Å². The van der Waals surface area contributed by atoms with Crippen LogP contribution in [0.3, 0.4) is 0 Å². The van der Waals surface area contributed by atoms with E-state index in [-0.39, 0.29) is 5.91 Å². The third-order valence-corrected chi connectivity index (χ3v) is 3.69. The number of hydrogen-bond acceptors (Lipinski definition) is 3. The second-order valence-corrected chi connectivity index (χ2v) is 5.27. The van der Waals surface area contributed by atoms with Gasteiger partial charge in [0.2, 0.25) is 5.91 Å². The first-order valence-electron chi connectivity index (χ1n) is 8.02. The van der Waals surface area contributed by atoms with E-state index in [1.54, 1.807) is 0 Å². The number of anilines is 2. The summed E-state index contributed by atoms with van der Waals surface area (Å²) < 4.78 is 0. The fourth-order valence-corrected chi connectivity index (χ4v) is 2.36. The Hall–Kier alpha value is -1.71. The standard InChI is InChI=1S/C17H29N3O/c1-4-7-12-19-17(21)11-9-14-8-10-16(15(18)13-14)20(5-2)6-3/h8,10,13H,4-7,9,11-12,18H2,1-3H3,(H,19,21). The summed E-state index contributed by atoms with van der Waals surface area (Å²) in [6, 6.07) is 6.13. The van der Waals surface area contributed by atoms with E-state index in [4.69, 9.17) is 5.73 Å². The third-order valence-electron chi connectivity index (χ3n) is 3.69. The molecule has 4 nitrogen and oxygen atoms in total. The van der Waals surface area contributed by atoms with Crippen LogP contribution in [0.1, 0.15) is 45.6 Å². The van der Waals surface area contributed by atoms with Crippen LogP contribution >= 0.6 is 0 Å². The summed E-state index contributed by atoms with van der Waals surface area (Å²) in [6.45, 7) is 9.03. The Morgan fingerprint density at radius 3 is 2.52 bits per heavy atom. The number of carbonyl (C=O) groups excluding carboxylic acids is 1. The van der Waals surface area contributed by atoms with E-state index in [2.05, 4.69) is 43.1 Å². The molecule has 0 heterocycles. The van der Waals surface area contributed by atoms with Gasteiger partial charge in [-0.2, -0.15) is 0 Å². The fraction of sp³-hybridized carbons (Fsp3) is 0.588. The molecule has 0 radical (unpaired) electrons. The van der Waals surface area contributed by atoms with E-state index in [0.29, 0.717) is 6.42 Å². The second-order valence-electron chi connectivity index (χ2n) is 5.27. The van der Waals surface area contributed by atoms with Gasteiger partial charge in [0.1, 0.15) is 0 Å². The van der Waals surface area contributed by atoms with Gasteiger partial charge in [0.15, 0.2) is 0 Å². The summed E-state index contributed by atoms with van der Waals surface area (Å²) in [5, 5.41) is 2.94. The zero-order valence-electron chi connectivity index (χ0n) is 13.6. The number of aryl methyl sites for hydroxylation is 1. The molecule has 1 aromatic rings. The van der Waals surface area contributed by atoms with E-state index in [1.807, 2.05) is 6.07 Å². The number of unbranched alkanes of at least 4 members (excludes halogenated alkanes) is 1. The first-order chi connectivity index (χ1) is 10.1. The van der Waals surface area contributed by atoms with Gasteiger partial charge in [-0.05, 0) is 44.4 Å². The van der Waals surface area contributed by atoms with E-state index < -0.39 is 0 Å². The summed E-state index contributed by atoms with van der Waals surface area (Å²) >= 11 is 0. The lowest BCUT2D eigenvalue weighted by Crippen LogP contribution is -2.24. The van der Waals surface area contributed by atoms with Crippen LogP contribution in [0.25, 0.3) is 0 Å². The Labute approximate surface area is 128 Å². The molecule has 4 heteroatoms. The van der Waals surface area contributed by atoms with Crippen LogP contribution in [0.15, 0.2) is 18.2 Å². The number of benzene rings is 1. The maximum Gasteiger partial charge on any atom is 0.220 e. The summed E-state index contributed by atoms with van der Waals surface area (Å²) in [6.07, 6.45) is 3.40. The number of rotatable bonds is 9. The first kappa shape index (κ1) is 17.3. The van der Waals surface area contributed by atoms with Crippen LogP contribution in [0.2, 0.25) is 0 Å². The first-order valence-corrected chi connectivity index (χ1v) is 8.02. The van der Waals surface area contributed by atoms with Crippen LogP contribution in [-0.4, -0.2) is 25.5 Å². The van der Waals surface area contributed by atoms with Crippen molar-refractivity contribution in [3.63, 3.8) is 0 Å². The van der Waals surface area contributed by atoms with Gasteiger partial charge in [0.25, 0.3) is 0 Å². The lowest BCUT2D eigenvalue weighted by molar-refractivity contribution is -0.121. The van der Waals surface area contributed by atoms with E-state index >= 15 is 0 Å². The highest BCUT2D eigenvalue weighted by Crippen LogP contribution is 2.24. The Bertz CT molecular complexity index is 442. The highest BCUT2D eigenvalue weighted by Gasteiger charge is 2.08. The van der Waals surface area contributed by atoms with Gasteiger partial charge >= 0.3 is 0 Å². The molecule has 0 bridgehead atoms. The van der Waals surface area contributed by atoms with Gasteiger partial charge in [-0.15, -0.1) is 0 Å². The lowest BCUT2D eigenvalue weighted by atomic mass is 10.1. The number of amides is 1. The quantitative estimate of drug-likeness (QED) is 0.543. The van der Waals surface area contributed by atoms with Crippen LogP contribution in [0.4, 0.5) is 11.4 Å². The average molecular weight is 291 g/mol. The molecule has 118 valence electrons. The van der Waals surface area contributed by atoms with E-state index in [1.165, 1.54) is 0 Å². The zero-order valence-corrected chi connectivity index (χ0v) is 13.6. The Morgan fingerprint density at radius 1 is 1.24 bits per heavy atom. The summed E-state index contributed by atoms with van der Waals surface area (Å²) in [7, 11) is 0. The third kappa shape index (κ3) is 5.66. The van der Waals surface area contributed by atoms with Crippen molar-refractivity contribution in [2.45, 2.75) is 46.5 Å². The second kappa shape index (κ2) is 9.27. The molecule has 3 N–H and O–H groups in total. The zero-order chi connectivity index (χ0) is 15.7. The summed E-state index contributed by atoms with van der Waals surface area (Å²) in [5.74, 6) is 0.120. The van der Waals surface area contributed by atoms with Crippen molar-refractivity contribution in [2.75, 3.05) is 30.3 Å². The average Bonchev–Trinajstić information content (AvgIpc) is 2.48. The van der Waals surface area contributed by atoms with Gasteiger partial charge < -0.3 is 16.0 Å². The number of nitrogen functional groups attached to an aromatic ring is 1. The fourth-order valence-electron chi connectivity index (χ4n) is 2.36. The smallest absolute Gasteiger partial charge is 0.220 e. The molecule has 1 rings (SSSR count). The van der Waals surface area contributed by atoms with Crippen molar-refractivity contribution in [2.24, 2.45) is 0 Å². The van der Waals surface area contributed by atoms with Crippen molar-refractivity contribution < 1.29 is 4.79 Å². The molecule has 1 aromatic carbocycles. The molecule has 0 aromatic heterocycles. The predicted molar refractivity (Wildman–Crippen MR) is 90.7 cm³/mol. The number of nitrogens with zero attached hydrogens (tertiary/aromatic N) is 1. The van der Waals surface area contributed by atoms with Crippen molar-refractivity contribution >= 4 is 17.3 Å². The predicted octanol–water partition coefficient (Wildman–Crippen LogP) is 2.96. The molecule has 0 spiro atoms. The highest BCUT2D eigenvalue weighted by atomic mass is 16.1. The summed E-state index contributed by atoms with van der Waals surface area (Å²) in [5.41, 5.74) is 9.13. The molecule has 0 fully saturated rings. The van der Waals surface area contributed by atoms with Gasteiger partial charge in [0.05, 0.1) is 11.4 Å². The van der Waals surface area contributed by atoms with Crippen LogP contribution in [0.5, 0.6) is 0 Å². The number of nitrogens with two attached hydrogens (primary N) is 1. The van der Waals surface area contributed by atoms with E-state index in [0.717, 1.165) is 55.8 Å². The topological polar surface area (TPSA) is 58.4 Å². The molecule has 1 amide bonds. The minimum atomic E-state index is 0.120. The van der Waals surface area contributed by atoms with Crippen molar-refractivity contribution in [3.8, 4) is 0 Å². The SMILES string of the molecule is CCCCNC(=O)CCc1ccc(N(CC)CC)c(N)c1. The highest BCUT2D eigenvalue weighted by molar-refractivity contribution is 5.76. The molecule has 21 heavy (non-hydrogen) atoms. The molecule has 0 unspecified atom stereocenters. The number of nitrogens with one attached hydrogen (secondary N) is 1.